The Hall–Kier alpha value is -1.58. The SMILES string of the molecule is CN1CN(c2ccccc2)N=N1. The van der Waals surface area contributed by atoms with E-state index in [9.17, 15) is 0 Å². The van der Waals surface area contributed by atoms with Gasteiger partial charge in [0.15, 0.2) is 0 Å². The second kappa shape index (κ2) is 2.81. The molecule has 0 unspecified atom stereocenters. The van der Waals surface area contributed by atoms with Crippen LogP contribution in [0.15, 0.2) is 40.8 Å². The highest BCUT2D eigenvalue weighted by molar-refractivity contribution is 5.44. The van der Waals surface area contributed by atoms with Gasteiger partial charge in [0.25, 0.3) is 0 Å². The summed E-state index contributed by atoms with van der Waals surface area (Å²) in [6.45, 7) is 0.726. The third-order valence-corrected chi connectivity index (χ3v) is 1.69. The van der Waals surface area contributed by atoms with E-state index in [0.29, 0.717) is 0 Å². The lowest BCUT2D eigenvalue weighted by Crippen LogP contribution is -2.21. The van der Waals surface area contributed by atoms with Crippen LogP contribution in [0.2, 0.25) is 0 Å². The van der Waals surface area contributed by atoms with E-state index in [0.717, 1.165) is 12.4 Å². The molecular formula is C8H10N4. The van der Waals surface area contributed by atoms with Crippen molar-refractivity contribution < 1.29 is 0 Å². The van der Waals surface area contributed by atoms with Crippen LogP contribution in [0.4, 0.5) is 5.69 Å². The summed E-state index contributed by atoms with van der Waals surface area (Å²) in [6, 6.07) is 9.99. The Balaban J connectivity index is 2.18. The monoisotopic (exact) mass is 162 g/mol. The average molecular weight is 162 g/mol. The summed E-state index contributed by atoms with van der Waals surface area (Å²) in [4.78, 5) is 0. The van der Waals surface area contributed by atoms with E-state index in [-0.39, 0.29) is 0 Å². The van der Waals surface area contributed by atoms with Crippen molar-refractivity contribution in [2.45, 2.75) is 0 Å². The van der Waals surface area contributed by atoms with E-state index in [2.05, 4.69) is 10.4 Å². The summed E-state index contributed by atoms with van der Waals surface area (Å²) >= 11 is 0. The molecule has 12 heavy (non-hydrogen) atoms. The largest absolute Gasteiger partial charge is 0.258 e. The molecule has 0 N–H and O–H groups in total. The number of hydrogen-bond acceptors (Lipinski definition) is 4. The Morgan fingerprint density at radius 2 is 1.92 bits per heavy atom. The normalized spacial score (nSPS) is 15.8. The van der Waals surface area contributed by atoms with Crippen LogP contribution in [0.1, 0.15) is 0 Å². The fraction of sp³-hybridized carbons (Fsp3) is 0.250. The number of rotatable bonds is 1. The van der Waals surface area contributed by atoms with E-state index >= 15 is 0 Å². The van der Waals surface area contributed by atoms with Gasteiger partial charge in [-0.25, -0.2) is 5.01 Å². The molecule has 4 heteroatoms. The summed E-state index contributed by atoms with van der Waals surface area (Å²) < 4.78 is 0. The first-order valence-electron chi connectivity index (χ1n) is 3.81. The molecule has 62 valence electrons. The fourth-order valence-corrected chi connectivity index (χ4v) is 1.10. The van der Waals surface area contributed by atoms with Crippen molar-refractivity contribution in [1.29, 1.82) is 0 Å². The maximum absolute atomic E-state index is 3.97. The summed E-state index contributed by atoms with van der Waals surface area (Å²) in [7, 11) is 1.90. The quantitative estimate of drug-likeness (QED) is 0.629. The van der Waals surface area contributed by atoms with Gasteiger partial charge in [-0.2, -0.15) is 0 Å². The van der Waals surface area contributed by atoms with Crippen molar-refractivity contribution in [3.05, 3.63) is 30.3 Å². The number of benzene rings is 1. The maximum atomic E-state index is 3.97. The Labute approximate surface area is 71.1 Å². The van der Waals surface area contributed by atoms with Crippen molar-refractivity contribution in [1.82, 2.24) is 5.01 Å². The summed E-state index contributed by atoms with van der Waals surface area (Å²) in [5, 5.41) is 11.5. The van der Waals surface area contributed by atoms with E-state index in [1.54, 1.807) is 5.01 Å². The molecule has 0 aliphatic carbocycles. The Bertz CT molecular complexity index is 282. The van der Waals surface area contributed by atoms with Gasteiger partial charge in [-0.05, 0) is 17.4 Å². The van der Waals surface area contributed by atoms with Crippen LogP contribution in [-0.4, -0.2) is 18.7 Å². The van der Waals surface area contributed by atoms with Crippen LogP contribution in [0.3, 0.4) is 0 Å². The van der Waals surface area contributed by atoms with Crippen molar-refractivity contribution >= 4 is 5.69 Å². The van der Waals surface area contributed by atoms with Crippen molar-refractivity contribution in [3.8, 4) is 0 Å². The molecule has 0 amide bonds. The third kappa shape index (κ3) is 1.23. The van der Waals surface area contributed by atoms with Crippen molar-refractivity contribution in [3.63, 3.8) is 0 Å². The van der Waals surface area contributed by atoms with Gasteiger partial charge in [-0.15, -0.1) is 0 Å². The van der Waals surface area contributed by atoms with Gasteiger partial charge in [0.1, 0.15) is 6.67 Å². The molecule has 0 bridgehead atoms. The molecule has 0 fully saturated rings. The lowest BCUT2D eigenvalue weighted by molar-refractivity contribution is 0.390. The van der Waals surface area contributed by atoms with Crippen molar-refractivity contribution in [2.24, 2.45) is 10.4 Å². The fourth-order valence-electron chi connectivity index (χ4n) is 1.10. The molecule has 0 saturated heterocycles. The minimum absolute atomic E-state index is 0.726. The van der Waals surface area contributed by atoms with Crippen LogP contribution in [-0.2, 0) is 0 Å². The minimum Gasteiger partial charge on any atom is -0.258 e. The van der Waals surface area contributed by atoms with E-state index in [1.165, 1.54) is 0 Å². The van der Waals surface area contributed by atoms with Gasteiger partial charge in [0, 0.05) is 7.05 Å². The number of nitrogens with zero attached hydrogens (tertiary/aromatic N) is 4. The van der Waals surface area contributed by atoms with E-state index < -0.39 is 0 Å². The van der Waals surface area contributed by atoms with Gasteiger partial charge in [0.2, 0.25) is 0 Å². The number of anilines is 1. The third-order valence-electron chi connectivity index (χ3n) is 1.69. The van der Waals surface area contributed by atoms with Gasteiger partial charge in [-0.3, -0.25) is 5.01 Å². The first kappa shape index (κ1) is 7.09. The molecule has 1 aromatic carbocycles. The van der Waals surface area contributed by atoms with Crippen LogP contribution in [0, 0.1) is 0 Å². The maximum Gasteiger partial charge on any atom is 0.132 e. The molecule has 0 saturated carbocycles. The second-order valence-corrected chi connectivity index (χ2v) is 2.71. The second-order valence-electron chi connectivity index (χ2n) is 2.71. The minimum atomic E-state index is 0.726. The smallest absolute Gasteiger partial charge is 0.132 e. The Kier molecular flexibility index (Phi) is 1.66. The highest BCUT2D eigenvalue weighted by Gasteiger charge is 2.12. The van der Waals surface area contributed by atoms with Gasteiger partial charge < -0.3 is 0 Å². The molecule has 0 radical (unpaired) electrons. The highest BCUT2D eigenvalue weighted by Crippen LogP contribution is 2.17. The highest BCUT2D eigenvalue weighted by atomic mass is 15.8. The molecule has 1 heterocycles. The predicted octanol–water partition coefficient (Wildman–Crippen LogP) is 1.68. The summed E-state index contributed by atoms with van der Waals surface area (Å²) in [5.74, 6) is 0. The lowest BCUT2D eigenvalue weighted by Gasteiger charge is -2.12. The Morgan fingerprint density at radius 3 is 2.50 bits per heavy atom. The van der Waals surface area contributed by atoms with E-state index in [4.69, 9.17) is 0 Å². The lowest BCUT2D eigenvalue weighted by atomic mass is 10.3. The van der Waals surface area contributed by atoms with Crippen molar-refractivity contribution in [2.75, 3.05) is 18.7 Å². The van der Waals surface area contributed by atoms with Crippen LogP contribution < -0.4 is 5.01 Å². The van der Waals surface area contributed by atoms with Gasteiger partial charge in [-0.1, -0.05) is 23.4 Å². The summed E-state index contributed by atoms with van der Waals surface area (Å²) in [5.41, 5.74) is 1.07. The predicted molar refractivity (Wildman–Crippen MR) is 46.4 cm³/mol. The zero-order valence-electron chi connectivity index (χ0n) is 6.88. The standard InChI is InChI=1S/C8H10N4/c1-11-7-12(10-9-11)8-5-3-2-4-6-8/h2-6H,7H2,1H3. The Morgan fingerprint density at radius 1 is 1.17 bits per heavy atom. The first-order chi connectivity index (χ1) is 5.86. The molecule has 0 spiro atoms. The van der Waals surface area contributed by atoms with Crippen LogP contribution in [0.25, 0.3) is 0 Å². The molecule has 1 aromatic rings. The van der Waals surface area contributed by atoms with Crippen LogP contribution >= 0.6 is 0 Å². The zero-order chi connectivity index (χ0) is 8.39. The first-order valence-corrected chi connectivity index (χ1v) is 3.81. The number of hydrogen-bond donors (Lipinski definition) is 0. The van der Waals surface area contributed by atoms with E-state index in [1.807, 2.05) is 42.4 Å². The zero-order valence-corrected chi connectivity index (χ0v) is 6.88. The summed E-state index contributed by atoms with van der Waals surface area (Å²) in [6.07, 6.45) is 0. The molecule has 1 aliphatic heterocycles. The molecule has 0 aromatic heterocycles. The molecule has 2 rings (SSSR count). The molecule has 0 atom stereocenters. The van der Waals surface area contributed by atoms with Gasteiger partial charge in [0.05, 0.1) is 5.69 Å². The molecular weight excluding hydrogens is 152 g/mol. The van der Waals surface area contributed by atoms with Gasteiger partial charge >= 0.3 is 0 Å². The average Bonchev–Trinajstić information content (AvgIpc) is 2.54. The van der Waals surface area contributed by atoms with Crippen LogP contribution in [0.5, 0.6) is 0 Å². The number of para-hydroxylation sites is 1. The topological polar surface area (TPSA) is 31.2 Å². The molecule has 1 aliphatic rings. The molecule has 4 nitrogen and oxygen atoms in total.